The molecule has 0 amide bonds. The van der Waals surface area contributed by atoms with E-state index in [-0.39, 0.29) is 18.9 Å². The summed E-state index contributed by atoms with van der Waals surface area (Å²) in [7, 11) is 0. The number of carbonyl (C=O) groups is 1. The van der Waals surface area contributed by atoms with E-state index < -0.39 is 19.0 Å². The van der Waals surface area contributed by atoms with E-state index in [1.54, 1.807) is 31.2 Å². The van der Waals surface area contributed by atoms with Crippen LogP contribution in [0.2, 0.25) is 0 Å². The number of benzene rings is 1. The lowest BCUT2D eigenvalue weighted by molar-refractivity contribution is 0.0515. The van der Waals surface area contributed by atoms with Crippen molar-refractivity contribution < 1.29 is 18.7 Å². The van der Waals surface area contributed by atoms with Gasteiger partial charge in [-0.15, -0.1) is 0 Å². The number of carbonyl (C=O) groups excluding carboxylic acids is 1. The van der Waals surface area contributed by atoms with E-state index in [9.17, 15) is 13.6 Å². The first kappa shape index (κ1) is 16.2. The Hall–Kier alpha value is -0.850. The molecule has 0 aromatic heterocycles. The van der Waals surface area contributed by atoms with Crippen molar-refractivity contribution in [2.24, 2.45) is 0 Å². The van der Waals surface area contributed by atoms with Crippen molar-refractivity contribution in [3.05, 3.63) is 34.3 Å². The van der Waals surface area contributed by atoms with Crippen molar-refractivity contribution in [3.8, 4) is 0 Å². The normalized spacial score (nSPS) is 13.0. The highest BCUT2D eigenvalue weighted by atomic mass is 79.9. The standard InChI is InChI=1S/C13H16BrF2NO2/c1-9(17(6-7-18)8-12(15)16)13(19)10-2-4-11(14)5-3-10/h2-5,9,12,18H,6-8H2,1H3. The van der Waals surface area contributed by atoms with Crippen LogP contribution in [0.3, 0.4) is 0 Å². The van der Waals surface area contributed by atoms with Gasteiger partial charge in [-0.1, -0.05) is 28.1 Å². The summed E-state index contributed by atoms with van der Waals surface area (Å²) in [6.07, 6.45) is -2.54. The van der Waals surface area contributed by atoms with E-state index in [0.717, 1.165) is 4.47 Å². The molecule has 3 nitrogen and oxygen atoms in total. The molecule has 1 N–H and O–H groups in total. The zero-order valence-electron chi connectivity index (χ0n) is 10.5. The minimum atomic E-state index is -2.54. The third-order valence-electron chi connectivity index (χ3n) is 2.82. The molecule has 1 aromatic rings. The zero-order valence-corrected chi connectivity index (χ0v) is 12.1. The van der Waals surface area contributed by atoms with Gasteiger partial charge >= 0.3 is 0 Å². The van der Waals surface area contributed by atoms with Gasteiger partial charge in [-0.05, 0) is 19.1 Å². The average molecular weight is 336 g/mol. The minimum Gasteiger partial charge on any atom is -0.395 e. The third-order valence-corrected chi connectivity index (χ3v) is 3.34. The Morgan fingerprint density at radius 1 is 1.37 bits per heavy atom. The first-order chi connectivity index (χ1) is 8.95. The number of alkyl halides is 2. The Labute approximate surface area is 119 Å². The Morgan fingerprint density at radius 3 is 2.42 bits per heavy atom. The molecule has 0 saturated heterocycles. The Morgan fingerprint density at radius 2 is 1.95 bits per heavy atom. The highest BCUT2D eigenvalue weighted by Crippen LogP contribution is 2.14. The van der Waals surface area contributed by atoms with Gasteiger partial charge in [-0.3, -0.25) is 9.69 Å². The maximum Gasteiger partial charge on any atom is 0.251 e. The molecule has 0 saturated carbocycles. The van der Waals surface area contributed by atoms with Crippen LogP contribution in [-0.2, 0) is 0 Å². The third kappa shape index (κ3) is 4.97. The molecular weight excluding hydrogens is 320 g/mol. The highest BCUT2D eigenvalue weighted by Gasteiger charge is 2.24. The number of aliphatic hydroxyl groups excluding tert-OH is 1. The fourth-order valence-electron chi connectivity index (χ4n) is 1.77. The summed E-state index contributed by atoms with van der Waals surface area (Å²) in [5.74, 6) is -0.235. The molecule has 1 unspecified atom stereocenters. The molecule has 106 valence electrons. The molecule has 0 fully saturated rings. The lowest BCUT2D eigenvalue weighted by Crippen LogP contribution is -2.43. The van der Waals surface area contributed by atoms with Gasteiger partial charge in [0.2, 0.25) is 0 Å². The molecule has 1 aromatic carbocycles. The first-order valence-electron chi connectivity index (χ1n) is 5.88. The van der Waals surface area contributed by atoms with Crippen molar-refractivity contribution in [2.45, 2.75) is 19.4 Å². The van der Waals surface area contributed by atoms with Crippen molar-refractivity contribution in [1.82, 2.24) is 4.90 Å². The summed E-state index contributed by atoms with van der Waals surface area (Å²) in [6.45, 7) is 0.838. The van der Waals surface area contributed by atoms with Crippen LogP contribution in [0.25, 0.3) is 0 Å². The number of hydrogen-bond donors (Lipinski definition) is 1. The van der Waals surface area contributed by atoms with Crippen LogP contribution in [0.15, 0.2) is 28.7 Å². The number of hydrogen-bond acceptors (Lipinski definition) is 3. The minimum absolute atomic E-state index is 0.0494. The Kier molecular flexibility index (Phi) is 6.54. The van der Waals surface area contributed by atoms with Gasteiger partial charge in [-0.25, -0.2) is 8.78 Å². The lowest BCUT2D eigenvalue weighted by atomic mass is 10.0. The van der Waals surface area contributed by atoms with E-state index in [1.165, 1.54) is 4.90 Å². The van der Waals surface area contributed by atoms with E-state index in [4.69, 9.17) is 5.11 Å². The number of Topliss-reactive ketones (excluding diaryl/α,β-unsaturated/α-hetero) is 1. The van der Waals surface area contributed by atoms with Crippen molar-refractivity contribution in [2.75, 3.05) is 19.7 Å². The second kappa shape index (κ2) is 7.67. The second-order valence-electron chi connectivity index (χ2n) is 4.16. The summed E-state index contributed by atoms with van der Waals surface area (Å²) in [6, 6.07) is 6.04. The Balaban J connectivity index is 2.80. The summed E-state index contributed by atoms with van der Waals surface area (Å²) in [5.41, 5.74) is 0.466. The van der Waals surface area contributed by atoms with Crippen LogP contribution in [0.5, 0.6) is 0 Å². The van der Waals surface area contributed by atoms with Crippen molar-refractivity contribution >= 4 is 21.7 Å². The Bertz CT molecular complexity index is 412. The number of halogens is 3. The molecule has 0 spiro atoms. The second-order valence-corrected chi connectivity index (χ2v) is 5.07. The number of aliphatic hydroxyl groups is 1. The number of nitrogens with zero attached hydrogens (tertiary/aromatic N) is 1. The fraction of sp³-hybridized carbons (Fsp3) is 0.462. The maximum atomic E-state index is 12.4. The summed E-state index contributed by atoms with van der Waals surface area (Å²) in [5, 5.41) is 8.88. The van der Waals surface area contributed by atoms with E-state index >= 15 is 0 Å². The van der Waals surface area contributed by atoms with Crippen LogP contribution in [-0.4, -0.2) is 48.0 Å². The number of rotatable bonds is 7. The van der Waals surface area contributed by atoms with Gasteiger partial charge in [0, 0.05) is 16.6 Å². The molecule has 0 aliphatic rings. The van der Waals surface area contributed by atoms with Crippen LogP contribution in [0, 0.1) is 0 Å². The molecule has 6 heteroatoms. The monoisotopic (exact) mass is 335 g/mol. The molecule has 0 bridgehead atoms. The van der Waals surface area contributed by atoms with E-state index in [2.05, 4.69) is 15.9 Å². The van der Waals surface area contributed by atoms with Gasteiger partial charge in [-0.2, -0.15) is 0 Å². The molecule has 0 heterocycles. The molecule has 19 heavy (non-hydrogen) atoms. The smallest absolute Gasteiger partial charge is 0.251 e. The SMILES string of the molecule is CC(C(=O)c1ccc(Br)cc1)N(CCO)CC(F)F. The van der Waals surface area contributed by atoms with Gasteiger partial charge < -0.3 is 5.11 Å². The maximum absolute atomic E-state index is 12.4. The van der Waals surface area contributed by atoms with Gasteiger partial charge in [0.25, 0.3) is 6.43 Å². The quantitative estimate of drug-likeness (QED) is 0.778. The van der Waals surface area contributed by atoms with E-state index in [0.29, 0.717) is 5.56 Å². The molecule has 0 aliphatic carbocycles. The van der Waals surface area contributed by atoms with Gasteiger partial charge in [0.05, 0.1) is 19.2 Å². The van der Waals surface area contributed by atoms with Crippen LogP contribution < -0.4 is 0 Å². The van der Waals surface area contributed by atoms with E-state index in [1.807, 2.05) is 0 Å². The van der Waals surface area contributed by atoms with Gasteiger partial charge in [0.15, 0.2) is 5.78 Å². The summed E-state index contributed by atoms with van der Waals surface area (Å²) in [4.78, 5) is 13.5. The molecule has 1 rings (SSSR count). The zero-order chi connectivity index (χ0) is 14.4. The van der Waals surface area contributed by atoms with Crippen LogP contribution >= 0.6 is 15.9 Å². The molecule has 0 aliphatic heterocycles. The first-order valence-corrected chi connectivity index (χ1v) is 6.68. The summed E-state index contributed by atoms with van der Waals surface area (Å²) >= 11 is 3.26. The van der Waals surface area contributed by atoms with Crippen molar-refractivity contribution in [3.63, 3.8) is 0 Å². The molecular formula is C13H16BrF2NO2. The molecule has 1 atom stereocenters. The summed E-state index contributed by atoms with van der Waals surface area (Å²) < 4.78 is 25.7. The largest absolute Gasteiger partial charge is 0.395 e. The fourth-order valence-corrected chi connectivity index (χ4v) is 2.03. The van der Waals surface area contributed by atoms with Gasteiger partial charge in [0.1, 0.15) is 0 Å². The predicted molar refractivity (Wildman–Crippen MR) is 72.6 cm³/mol. The number of ketones is 1. The van der Waals surface area contributed by atoms with Crippen LogP contribution in [0.4, 0.5) is 8.78 Å². The van der Waals surface area contributed by atoms with Crippen molar-refractivity contribution in [1.29, 1.82) is 0 Å². The molecule has 0 radical (unpaired) electrons. The lowest BCUT2D eigenvalue weighted by Gasteiger charge is -2.27. The topological polar surface area (TPSA) is 40.5 Å². The van der Waals surface area contributed by atoms with Crippen LogP contribution in [0.1, 0.15) is 17.3 Å². The average Bonchev–Trinajstić information content (AvgIpc) is 2.37. The predicted octanol–water partition coefficient (Wildman–Crippen LogP) is 2.58. The highest BCUT2D eigenvalue weighted by molar-refractivity contribution is 9.10.